The first-order chi connectivity index (χ1) is 17.5. The van der Waals surface area contributed by atoms with Crippen molar-refractivity contribution >= 4 is 23.2 Å². The molecule has 0 unspecified atom stereocenters. The second kappa shape index (κ2) is 10.1. The van der Waals surface area contributed by atoms with Gasteiger partial charge in [-0.2, -0.15) is 0 Å². The average Bonchev–Trinajstić information content (AvgIpc) is 3.72. The molecule has 3 aromatic carbocycles. The number of hydrogen-bond acceptors (Lipinski definition) is 5. The summed E-state index contributed by atoms with van der Waals surface area (Å²) in [5, 5.41) is 6.02. The summed E-state index contributed by atoms with van der Waals surface area (Å²) in [6.45, 7) is 3.71. The molecule has 0 radical (unpaired) electrons. The number of nitrogens with one attached hydrogen (secondary N) is 2. The summed E-state index contributed by atoms with van der Waals surface area (Å²) < 4.78 is 5.49. The highest BCUT2D eigenvalue weighted by Gasteiger charge is 2.54. The second-order valence-corrected chi connectivity index (χ2v) is 9.59. The summed E-state index contributed by atoms with van der Waals surface area (Å²) in [4.78, 5) is 30.8. The van der Waals surface area contributed by atoms with Crippen LogP contribution in [0, 0.1) is 0 Å². The van der Waals surface area contributed by atoms with E-state index >= 15 is 0 Å². The van der Waals surface area contributed by atoms with Crippen LogP contribution in [0.3, 0.4) is 0 Å². The van der Waals surface area contributed by atoms with E-state index < -0.39 is 5.54 Å². The molecule has 7 nitrogen and oxygen atoms in total. The maximum Gasteiger partial charge on any atom is 0.255 e. The molecule has 1 aliphatic heterocycles. The molecular weight excluding hydrogens is 452 g/mol. The Hall–Kier alpha value is -3.68. The van der Waals surface area contributed by atoms with Crippen LogP contribution >= 0.6 is 0 Å². The number of methoxy groups -OCH3 is 1. The van der Waals surface area contributed by atoms with Crippen molar-refractivity contribution in [3.05, 3.63) is 78.4 Å². The maximum atomic E-state index is 13.3. The van der Waals surface area contributed by atoms with Crippen LogP contribution in [0.25, 0.3) is 11.1 Å². The molecule has 7 heteroatoms. The van der Waals surface area contributed by atoms with Crippen LogP contribution in [0.1, 0.15) is 23.2 Å². The Labute approximate surface area is 212 Å². The average molecular weight is 485 g/mol. The molecule has 0 bridgehead atoms. The highest BCUT2D eigenvalue weighted by Crippen LogP contribution is 2.44. The maximum absolute atomic E-state index is 13.3. The van der Waals surface area contributed by atoms with E-state index in [0.717, 1.165) is 50.1 Å². The Kier molecular flexibility index (Phi) is 6.76. The molecule has 36 heavy (non-hydrogen) atoms. The van der Waals surface area contributed by atoms with Crippen LogP contribution in [-0.2, 0) is 4.79 Å². The minimum Gasteiger partial charge on any atom is -0.495 e. The van der Waals surface area contributed by atoms with Crippen molar-refractivity contribution in [3.8, 4) is 16.9 Å². The number of benzene rings is 3. The first kappa shape index (κ1) is 24.0. The Morgan fingerprint density at radius 2 is 1.50 bits per heavy atom. The molecule has 0 spiro atoms. The number of likely N-dealkylation sites (N-methyl/N-ethyl adjacent to an activating group) is 1. The van der Waals surface area contributed by atoms with Gasteiger partial charge in [-0.1, -0.05) is 42.5 Å². The van der Waals surface area contributed by atoms with Crippen molar-refractivity contribution < 1.29 is 14.3 Å². The van der Waals surface area contributed by atoms with Gasteiger partial charge >= 0.3 is 0 Å². The van der Waals surface area contributed by atoms with Gasteiger partial charge in [0.1, 0.15) is 11.3 Å². The smallest absolute Gasteiger partial charge is 0.255 e. The fourth-order valence-corrected chi connectivity index (χ4v) is 4.81. The third-order valence-corrected chi connectivity index (χ3v) is 7.21. The van der Waals surface area contributed by atoms with E-state index in [-0.39, 0.29) is 11.8 Å². The second-order valence-electron chi connectivity index (χ2n) is 9.59. The van der Waals surface area contributed by atoms with E-state index in [1.807, 2.05) is 54.6 Å². The number of carbonyl (C=O) groups is 2. The SMILES string of the molecule is COc1ccc(NC(=O)c2ccc(-c3ccccc3)cc2)cc1NC(=O)C1(N2CCN(C)CC2)CC1. The first-order valence-electron chi connectivity index (χ1n) is 12.4. The van der Waals surface area contributed by atoms with Gasteiger partial charge in [-0.05, 0) is 61.3 Å². The topological polar surface area (TPSA) is 73.9 Å². The molecular formula is C29H32N4O3. The number of piperazine rings is 1. The van der Waals surface area contributed by atoms with Crippen LogP contribution in [-0.4, -0.2) is 67.5 Å². The van der Waals surface area contributed by atoms with E-state index in [2.05, 4.69) is 27.5 Å². The molecule has 0 aromatic heterocycles. The molecule has 2 amide bonds. The van der Waals surface area contributed by atoms with Gasteiger partial charge in [0.2, 0.25) is 5.91 Å². The molecule has 1 aliphatic carbocycles. The molecule has 3 aromatic rings. The fraction of sp³-hybridized carbons (Fsp3) is 0.310. The minimum atomic E-state index is -0.438. The van der Waals surface area contributed by atoms with Crippen molar-refractivity contribution in [2.75, 3.05) is 51.0 Å². The molecule has 1 saturated heterocycles. The lowest BCUT2D eigenvalue weighted by Crippen LogP contribution is -2.54. The summed E-state index contributed by atoms with van der Waals surface area (Å²) in [6, 6.07) is 22.9. The first-order valence-corrected chi connectivity index (χ1v) is 12.4. The molecule has 186 valence electrons. The Bertz CT molecular complexity index is 1230. The van der Waals surface area contributed by atoms with Crippen LogP contribution in [0.2, 0.25) is 0 Å². The molecule has 1 saturated carbocycles. The van der Waals surface area contributed by atoms with Crippen LogP contribution in [0.5, 0.6) is 5.75 Å². The van der Waals surface area contributed by atoms with E-state index in [1.54, 1.807) is 25.3 Å². The van der Waals surface area contributed by atoms with Gasteiger partial charge in [-0.15, -0.1) is 0 Å². The minimum absolute atomic E-state index is 0.00895. The van der Waals surface area contributed by atoms with E-state index in [1.165, 1.54) is 0 Å². The fourth-order valence-electron chi connectivity index (χ4n) is 4.81. The van der Waals surface area contributed by atoms with Gasteiger partial charge < -0.3 is 20.3 Å². The Morgan fingerprint density at radius 1 is 0.833 bits per heavy atom. The number of nitrogens with zero attached hydrogens (tertiary/aromatic N) is 2. The van der Waals surface area contributed by atoms with Gasteiger partial charge in [0.25, 0.3) is 5.91 Å². The molecule has 2 aliphatic rings. The number of hydrogen-bond donors (Lipinski definition) is 2. The van der Waals surface area contributed by atoms with Crippen molar-refractivity contribution in [1.82, 2.24) is 9.80 Å². The quantitative estimate of drug-likeness (QED) is 0.522. The van der Waals surface area contributed by atoms with Gasteiger partial charge in [0.05, 0.1) is 12.8 Å². The largest absolute Gasteiger partial charge is 0.495 e. The molecule has 5 rings (SSSR count). The number of rotatable bonds is 7. The predicted molar refractivity (Wildman–Crippen MR) is 142 cm³/mol. The molecule has 1 heterocycles. The molecule has 2 fully saturated rings. The Morgan fingerprint density at radius 3 is 2.14 bits per heavy atom. The van der Waals surface area contributed by atoms with Crippen LogP contribution < -0.4 is 15.4 Å². The number of amides is 2. The summed E-state index contributed by atoms with van der Waals surface area (Å²) in [5.74, 6) is 0.334. The monoisotopic (exact) mass is 484 g/mol. The zero-order chi connectivity index (χ0) is 25.1. The zero-order valence-corrected chi connectivity index (χ0v) is 20.8. The number of carbonyl (C=O) groups excluding carboxylic acids is 2. The van der Waals surface area contributed by atoms with Gasteiger partial charge in [0.15, 0.2) is 0 Å². The summed E-state index contributed by atoms with van der Waals surface area (Å²) in [5.41, 5.74) is 3.42. The lowest BCUT2D eigenvalue weighted by atomic mass is 10.0. The number of anilines is 2. The summed E-state index contributed by atoms with van der Waals surface area (Å²) >= 11 is 0. The summed E-state index contributed by atoms with van der Waals surface area (Å²) in [7, 11) is 3.68. The molecule has 2 N–H and O–H groups in total. The van der Waals surface area contributed by atoms with Gasteiger partial charge in [-0.3, -0.25) is 14.5 Å². The van der Waals surface area contributed by atoms with Crippen molar-refractivity contribution in [1.29, 1.82) is 0 Å². The highest BCUT2D eigenvalue weighted by atomic mass is 16.5. The van der Waals surface area contributed by atoms with Crippen LogP contribution in [0.15, 0.2) is 72.8 Å². The Balaban J connectivity index is 1.28. The van der Waals surface area contributed by atoms with Crippen molar-refractivity contribution in [2.45, 2.75) is 18.4 Å². The zero-order valence-electron chi connectivity index (χ0n) is 20.8. The third kappa shape index (κ3) is 4.98. The third-order valence-electron chi connectivity index (χ3n) is 7.21. The predicted octanol–water partition coefficient (Wildman–Crippen LogP) is 4.33. The van der Waals surface area contributed by atoms with Crippen molar-refractivity contribution in [3.63, 3.8) is 0 Å². The molecule has 0 atom stereocenters. The lowest BCUT2D eigenvalue weighted by Gasteiger charge is -2.37. The van der Waals surface area contributed by atoms with Crippen LogP contribution in [0.4, 0.5) is 11.4 Å². The normalized spacial score (nSPS) is 17.3. The lowest BCUT2D eigenvalue weighted by molar-refractivity contribution is -0.123. The van der Waals surface area contributed by atoms with Crippen molar-refractivity contribution in [2.24, 2.45) is 0 Å². The highest BCUT2D eigenvalue weighted by molar-refractivity contribution is 6.06. The summed E-state index contributed by atoms with van der Waals surface area (Å²) in [6.07, 6.45) is 1.72. The van der Waals surface area contributed by atoms with E-state index in [0.29, 0.717) is 22.7 Å². The standard InChI is InChI=1S/C29H32N4O3/c1-32-16-18-33(19-17-32)29(14-15-29)28(35)31-25-20-24(12-13-26(25)36-2)30-27(34)23-10-8-22(9-11-23)21-6-4-3-5-7-21/h3-13,20H,14-19H2,1-2H3,(H,30,34)(H,31,35). The van der Waals surface area contributed by atoms with E-state index in [4.69, 9.17) is 4.74 Å². The van der Waals surface area contributed by atoms with Gasteiger partial charge in [0, 0.05) is 37.4 Å². The van der Waals surface area contributed by atoms with Gasteiger partial charge in [-0.25, -0.2) is 0 Å². The number of ether oxygens (including phenoxy) is 1. The van der Waals surface area contributed by atoms with E-state index in [9.17, 15) is 9.59 Å².